The second-order valence-electron chi connectivity index (χ2n) is 6.61. The van der Waals surface area contributed by atoms with Gasteiger partial charge in [-0.3, -0.25) is 0 Å². The first-order chi connectivity index (χ1) is 14.1. The van der Waals surface area contributed by atoms with Crippen molar-refractivity contribution in [2.75, 3.05) is 0 Å². The molecule has 1 aliphatic rings. The van der Waals surface area contributed by atoms with Gasteiger partial charge in [0.15, 0.2) is 5.70 Å². The molecule has 0 radical (unpaired) electrons. The monoisotopic (exact) mass is 403 g/mol. The van der Waals surface area contributed by atoms with Gasteiger partial charge >= 0.3 is 5.97 Å². The summed E-state index contributed by atoms with van der Waals surface area (Å²) in [5, 5.41) is 0.660. The van der Waals surface area contributed by atoms with Gasteiger partial charge in [0.1, 0.15) is 12.4 Å². The number of nitrogens with zero attached hydrogens (tertiary/aromatic N) is 1. The molecular formula is C24H18ClNO3. The third kappa shape index (κ3) is 4.39. The van der Waals surface area contributed by atoms with Crippen molar-refractivity contribution < 1.29 is 14.3 Å². The zero-order valence-electron chi connectivity index (χ0n) is 15.8. The van der Waals surface area contributed by atoms with Crippen LogP contribution in [0.2, 0.25) is 5.02 Å². The van der Waals surface area contributed by atoms with E-state index in [1.165, 1.54) is 0 Å². The van der Waals surface area contributed by atoms with Crippen LogP contribution in [0, 0.1) is 6.92 Å². The Kier molecular flexibility index (Phi) is 5.45. The van der Waals surface area contributed by atoms with E-state index in [9.17, 15) is 4.79 Å². The van der Waals surface area contributed by atoms with Gasteiger partial charge in [0.05, 0.1) is 0 Å². The lowest BCUT2D eigenvalue weighted by atomic mass is 10.1. The van der Waals surface area contributed by atoms with Crippen molar-refractivity contribution in [3.8, 4) is 5.75 Å². The molecule has 1 heterocycles. The van der Waals surface area contributed by atoms with E-state index in [2.05, 4.69) is 4.99 Å². The number of ether oxygens (including phenoxy) is 2. The van der Waals surface area contributed by atoms with E-state index in [0.29, 0.717) is 23.3 Å². The number of hydrogen-bond donors (Lipinski definition) is 0. The summed E-state index contributed by atoms with van der Waals surface area (Å²) in [6.45, 7) is 2.31. The Morgan fingerprint density at radius 2 is 1.83 bits per heavy atom. The third-order valence-electron chi connectivity index (χ3n) is 4.49. The highest BCUT2D eigenvalue weighted by atomic mass is 35.5. The number of esters is 1. The molecule has 0 N–H and O–H groups in total. The Balaban J connectivity index is 1.60. The minimum atomic E-state index is -0.479. The van der Waals surface area contributed by atoms with Gasteiger partial charge in [-0.2, -0.15) is 0 Å². The predicted molar refractivity (Wildman–Crippen MR) is 114 cm³/mol. The van der Waals surface area contributed by atoms with E-state index < -0.39 is 5.97 Å². The van der Waals surface area contributed by atoms with Gasteiger partial charge < -0.3 is 9.47 Å². The molecule has 144 valence electrons. The number of hydrogen-bond acceptors (Lipinski definition) is 4. The van der Waals surface area contributed by atoms with Gasteiger partial charge in [-0.25, -0.2) is 9.79 Å². The molecule has 0 aromatic heterocycles. The summed E-state index contributed by atoms with van der Waals surface area (Å²) < 4.78 is 11.3. The molecule has 1 aliphatic heterocycles. The van der Waals surface area contributed by atoms with Crippen LogP contribution in [0.3, 0.4) is 0 Å². The Morgan fingerprint density at radius 1 is 1.03 bits per heavy atom. The molecule has 3 aromatic carbocycles. The molecule has 5 heteroatoms. The van der Waals surface area contributed by atoms with Crippen LogP contribution in [0.4, 0.5) is 0 Å². The highest BCUT2D eigenvalue weighted by Crippen LogP contribution is 2.26. The maximum Gasteiger partial charge on any atom is 0.363 e. The Bertz CT molecular complexity index is 1130. The molecule has 3 aromatic rings. The van der Waals surface area contributed by atoms with E-state index in [4.69, 9.17) is 21.1 Å². The number of aryl methyl sites for hydroxylation is 1. The summed E-state index contributed by atoms with van der Waals surface area (Å²) in [5.74, 6) is 0.483. The van der Waals surface area contributed by atoms with Crippen molar-refractivity contribution in [3.05, 3.63) is 106 Å². The van der Waals surface area contributed by atoms with E-state index in [1.807, 2.05) is 79.7 Å². The molecule has 0 saturated carbocycles. The molecule has 4 nitrogen and oxygen atoms in total. The minimum Gasteiger partial charge on any atom is -0.488 e. The smallest absolute Gasteiger partial charge is 0.363 e. The van der Waals surface area contributed by atoms with Crippen molar-refractivity contribution in [3.63, 3.8) is 0 Å². The Hall–Kier alpha value is -3.37. The van der Waals surface area contributed by atoms with E-state index in [-0.39, 0.29) is 5.70 Å². The van der Waals surface area contributed by atoms with Gasteiger partial charge in [0, 0.05) is 16.1 Å². The van der Waals surface area contributed by atoms with Crippen molar-refractivity contribution in [1.29, 1.82) is 0 Å². The molecule has 0 aliphatic carbocycles. The van der Waals surface area contributed by atoms with Crippen LogP contribution in [0.15, 0.2) is 83.5 Å². The maximum absolute atomic E-state index is 12.3. The highest BCUT2D eigenvalue weighted by Gasteiger charge is 2.25. The van der Waals surface area contributed by atoms with Gasteiger partial charge in [0.2, 0.25) is 5.90 Å². The average Bonchev–Trinajstić information content (AvgIpc) is 3.08. The molecule has 4 rings (SSSR count). The molecule has 0 amide bonds. The Morgan fingerprint density at radius 3 is 2.66 bits per heavy atom. The number of cyclic esters (lactones) is 1. The summed E-state index contributed by atoms with van der Waals surface area (Å²) in [4.78, 5) is 16.7. The quantitative estimate of drug-likeness (QED) is 0.413. The lowest BCUT2D eigenvalue weighted by Crippen LogP contribution is -2.06. The van der Waals surface area contributed by atoms with Crippen LogP contribution in [0.5, 0.6) is 5.75 Å². The van der Waals surface area contributed by atoms with Gasteiger partial charge in [-0.05, 0) is 48.4 Å². The molecule has 29 heavy (non-hydrogen) atoms. The first-order valence-electron chi connectivity index (χ1n) is 9.15. The number of aliphatic imine (C=N–C) groups is 1. The van der Waals surface area contributed by atoms with Crippen LogP contribution in [-0.2, 0) is 16.1 Å². The zero-order chi connectivity index (χ0) is 20.2. The molecule has 0 spiro atoms. The van der Waals surface area contributed by atoms with E-state index >= 15 is 0 Å². The van der Waals surface area contributed by atoms with Crippen LogP contribution < -0.4 is 4.74 Å². The van der Waals surface area contributed by atoms with Crippen LogP contribution >= 0.6 is 11.6 Å². The SMILES string of the molecule is Cc1ccccc1C1=N/C(=C\c2ccccc2OCc2cccc(Cl)c2)C(=O)O1. The normalized spacial score (nSPS) is 14.6. The van der Waals surface area contributed by atoms with Gasteiger partial charge in [-0.15, -0.1) is 0 Å². The number of rotatable bonds is 5. The van der Waals surface area contributed by atoms with Crippen molar-refractivity contribution >= 4 is 29.5 Å². The van der Waals surface area contributed by atoms with Gasteiger partial charge in [-0.1, -0.05) is 60.1 Å². The van der Waals surface area contributed by atoms with E-state index in [1.54, 1.807) is 6.08 Å². The summed E-state index contributed by atoms with van der Waals surface area (Å²) >= 11 is 6.03. The highest BCUT2D eigenvalue weighted by molar-refractivity contribution is 6.30. The molecule has 0 fully saturated rings. The topological polar surface area (TPSA) is 47.9 Å². The molecule has 0 saturated heterocycles. The maximum atomic E-state index is 12.3. The fraction of sp³-hybridized carbons (Fsp3) is 0.0833. The minimum absolute atomic E-state index is 0.238. The number of carbonyl (C=O) groups excluding carboxylic acids is 1. The third-order valence-corrected chi connectivity index (χ3v) is 4.73. The average molecular weight is 404 g/mol. The lowest BCUT2D eigenvalue weighted by molar-refractivity contribution is -0.129. The summed E-state index contributed by atoms with van der Waals surface area (Å²) in [7, 11) is 0. The number of benzene rings is 3. The number of para-hydroxylation sites is 1. The molecule has 0 bridgehead atoms. The fourth-order valence-electron chi connectivity index (χ4n) is 3.00. The van der Waals surface area contributed by atoms with Gasteiger partial charge in [0.25, 0.3) is 0 Å². The number of carbonyl (C=O) groups is 1. The van der Waals surface area contributed by atoms with E-state index in [0.717, 1.165) is 22.3 Å². The second-order valence-corrected chi connectivity index (χ2v) is 7.04. The molecular weight excluding hydrogens is 386 g/mol. The predicted octanol–water partition coefficient (Wildman–Crippen LogP) is 5.57. The first kappa shape index (κ1) is 19.0. The summed E-state index contributed by atoms with van der Waals surface area (Å²) in [5.41, 5.74) is 3.73. The zero-order valence-corrected chi connectivity index (χ0v) is 16.5. The first-order valence-corrected chi connectivity index (χ1v) is 9.53. The number of halogens is 1. The van der Waals surface area contributed by atoms with Crippen molar-refractivity contribution in [1.82, 2.24) is 0 Å². The van der Waals surface area contributed by atoms with Crippen molar-refractivity contribution in [2.45, 2.75) is 13.5 Å². The molecule has 0 unspecified atom stereocenters. The fourth-order valence-corrected chi connectivity index (χ4v) is 3.22. The molecule has 0 atom stereocenters. The summed E-state index contributed by atoms with van der Waals surface area (Å²) in [6, 6.07) is 22.6. The lowest BCUT2D eigenvalue weighted by Gasteiger charge is -2.09. The van der Waals surface area contributed by atoms with Crippen molar-refractivity contribution in [2.24, 2.45) is 4.99 Å². The van der Waals surface area contributed by atoms with Crippen LogP contribution in [0.25, 0.3) is 6.08 Å². The Labute approximate surface area is 174 Å². The largest absolute Gasteiger partial charge is 0.488 e. The van der Waals surface area contributed by atoms with Crippen LogP contribution in [-0.4, -0.2) is 11.9 Å². The second kappa shape index (κ2) is 8.33. The summed E-state index contributed by atoms with van der Waals surface area (Å²) in [6.07, 6.45) is 1.68. The van der Waals surface area contributed by atoms with Crippen LogP contribution in [0.1, 0.15) is 22.3 Å². The standard InChI is InChI=1S/C24H18ClNO3/c1-16-7-2-4-11-20(16)23-26-21(24(27)29-23)14-18-9-3-5-12-22(18)28-15-17-8-6-10-19(25)13-17/h2-14H,15H2,1H3/b21-14-.